The fourth-order valence-corrected chi connectivity index (χ4v) is 4.02. The molecular formula is C13H18FN3O3S. The highest BCUT2D eigenvalue weighted by Gasteiger charge is 2.32. The molecule has 1 heterocycles. The normalized spacial score (nSPS) is 17.6. The lowest BCUT2D eigenvalue weighted by Gasteiger charge is -2.30. The monoisotopic (exact) mass is 315 g/mol. The van der Waals surface area contributed by atoms with Crippen LogP contribution in [0.2, 0.25) is 0 Å². The third kappa shape index (κ3) is 3.16. The minimum atomic E-state index is -3.76. The van der Waals surface area contributed by atoms with Crippen LogP contribution < -0.4 is 11.1 Å². The van der Waals surface area contributed by atoms with Crippen molar-refractivity contribution in [3.8, 4) is 0 Å². The van der Waals surface area contributed by atoms with Crippen LogP contribution in [0.5, 0.6) is 0 Å². The van der Waals surface area contributed by atoms with Crippen LogP contribution in [0.15, 0.2) is 23.1 Å². The SMILES string of the molecule is CNC(=O)C1CCN(S(=O)(=O)c2ccc(F)cc2N)CC1. The molecule has 1 aliphatic rings. The highest BCUT2D eigenvalue weighted by Crippen LogP contribution is 2.27. The zero-order valence-corrected chi connectivity index (χ0v) is 12.5. The average Bonchev–Trinajstić information content (AvgIpc) is 2.46. The van der Waals surface area contributed by atoms with Crippen molar-refractivity contribution in [2.75, 3.05) is 25.9 Å². The number of nitrogens with two attached hydrogens (primary N) is 1. The van der Waals surface area contributed by atoms with Gasteiger partial charge in [-0.2, -0.15) is 4.31 Å². The van der Waals surface area contributed by atoms with E-state index in [0.29, 0.717) is 12.8 Å². The van der Waals surface area contributed by atoms with Gasteiger partial charge in [0, 0.05) is 26.1 Å². The summed E-state index contributed by atoms with van der Waals surface area (Å²) in [5.74, 6) is -0.829. The number of halogens is 1. The van der Waals surface area contributed by atoms with E-state index in [1.165, 1.54) is 10.4 Å². The van der Waals surface area contributed by atoms with E-state index in [2.05, 4.69) is 5.32 Å². The highest BCUT2D eigenvalue weighted by molar-refractivity contribution is 7.89. The molecule has 1 fully saturated rings. The second-order valence-electron chi connectivity index (χ2n) is 4.97. The maximum atomic E-state index is 13.0. The molecule has 0 spiro atoms. The molecule has 8 heteroatoms. The Morgan fingerprint density at radius 1 is 1.38 bits per heavy atom. The predicted octanol–water partition coefficient (Wildman–Crippen LogP) is 0.555. The number of nitrogens with zero attached hydrogens (tertiary/aromatic N) is 1. The zero-order valence-electron chi connectivity index (χ0n) is 11.7. The van der Waals surface area contributed by atoms with Crippen LogP contribution in [-0.2, 0) is 14.8 Å². The largest absolute Gasteiger partial charge is 0.398 e. The smallest absolute Gasteiger partial charge is 0.245 e. The molecule has 116 valence electrons. The van der Waals surface area contributed by atoms with E-state index in [1.54, 1.807) is 7.05 Å². The molecular weight excluding hydrogens is 297 g/mol. The number of piperidine rings is 1. The summed E-state index contributed by atoms with van der Waals surface area (Å²) in [6.07, 6.45) is 0.917. The Morgan fingerprint density at radius 3 is 2.52 bits per heavy atom. The lowest BCUT2D eigenvalue weighted by molar-refractivity contribution is -0.125. The Labute approximate surface area is 123 Å². The van der Waals surface area contributed by atoms with Gasteiger partial charge in [-0.15, -0.1) is 0 Å². The molecule has 6 nitrogen and oxygen atoms in total. The Morgan fingerprint density at radius 2 is 2.00 bits per heavy atom. The van der Waals surface area contributed by atoms with E-state index in [9.17, 15) is 17.6 Å². The molecule has 0 unspecified atom stereocenters. The van der Waals surface area contributed by atoms with Gasteiger partial charge in [-0.1, -0.05) is 0 Å². The molecule has 2 rings (SSSR count). The molecule has 0 aliphatic carbocycles. The van der Waals surface area contributed by atoms with Crippen molar-refractivity contribution in [2.24, 2.45) is 5.92 Å². The number of amides is 1. The number of sulfonamides is 1. The lowest BCUT2D eigenvalue weighted by Crippen LogP contribution is -2.42. The van der Waals surface area contributed by atoms with Crippen molar-refractivity contribution in [3.63, 3.8) is 0 Å². The number of carbonyl (C=O) groups is 1. The fraction of sp³-hybridized carbons (Fsp3) is 0.462. The Bertz CT molecular complexity index is 640. The van der Waals surface area contributed by atoms with Gasteiger partial charge in [-0.3, -0.25) is 4.79 Å². The molecule has 3 N–H and O–H groups in total. The molecule has 0 radical (unpaired) electrons. The molecule has 0 aromatic heterocycles. The van der Waals surface area contributed by atoms with Crippen LogP contribution in [-0.4, -0.2) is 38.8 Å². The molecule has 21 heavy (non-hydrogen) atoms. The van der Waals surface area contributed by atoms with Gasteiger partial charge in [0.15, 0.2) is 0 Å². The van der Waals surface area contributed by atoms with Gasteiger partial charge in [0.25, 0.3) is 0 Å². The standard InChI is InChI=1S/C13H18FN3O3S/c1-16-13(18)9-4-6-17(7-5-9)21(19,20)12-3-2-10(14)8-11(12)15/h2-3,8-9H,4-7,15H2,1H3,(H,16,18). The number of hydrogen-bond acceptors (Lipinski definition) is 4. The summed E-state index contributed by atoms with van der Waals surface area (Å²) in [5.41, 5.74) is 5.49. The average molecular weight is 315 g/mol. The zero-order chi connectivity index (χ0) is 15.6. The third-order valence-electron chi connectivity index (χ3n) is 3.66. The summed E-state index contributed by atoms with van der Waals surface area (Å²) in [7, 11) is -2.20. The summed E-state index contributed by atoms with van der Waals surface area (Å²) in [5, 5.41) is 2.57. The highest BCUT2D eigenvalue weighted by atomic mass is 32.2. The first-order chi connectivity index (χ1) is 9.86. The summed E-state index contributed by atoms with van der Waals surface area (Å²) < 4.78 is 39.3. The molecule has 1 amide bonds. The molecule has 0 atom stereocenters. The van der Waals surface area contributed by atoms with Gasteiger partial charge in [0.2, 0.25) is 15.9 Å². The van der Waals surface area contributed by atoms with Crippen molar-refractivity contribution < 1.29 is 17.6 Å². The van der Waals surface area contributed by atoms with Crippen LogP contribution in [0.25, 0.3) is 0 Å². The van der Waals surface area contributed by atoms with Crippen molar-refractivity contribution in [1.82, 2.24) is 9.62 Å². The Kier molecular flexibility index (Phi) is 4.48. The molecule has 1 aliphatic heterocycles. The third-order valence-corrected chi connectivity index (χ3v) is 5.63. The van der Waals surface area contributed by atoms with E-state index in [-0.39, 0.29) is 35.5 Å². The predicted molar refractivity (Wildman–Crippen MR) is 76.4 cm³/mol. The summed E-state index contributed by atoms with van der Waals surface area (Å²) in [6.45, 7) is 0.495. The van der Waals surface area contributed by atoms with Crippen molar-refractivity contribution in [2.45, 2.75) is 17.7 Å². The molecule has 1 aromatic carbocycles. The number of carbonyl (C=O) groups excluding carboxylic acids is 1. The minimum Gasteiger partial charge on any atom is -0.398 e. The second kappa shape index (κ2) is 5.98. The van der Waals surface area contributed by atoms with Gasteiger partial charge in [0.1, 0.15) is 10.7 Å². The number of anilines is 1. The maximum absolute atomic E-state index is 13.0. The number of hydrogen-bond donors (Lipinski definition) is 2. The quantitative estimate of drug-likeness (QED) is 0.797. The van der Waals surface area contributed by atoms with Crippen LogP contribution in [0, 0.1) is 11.7 Å². The maximum Gasteiger partial charge on any atom is 0.245 e. The molecule has 0 bridgehead atoms. The molecule has 1 aromatic rings. The minimum absolute atomic E-state index is 0.0756. The lowest BCUT2D eigenvalue weighted by atomic mass is 9.97. The molecule has 1 saturated heterocycles. The first kappa shape index (κ1) is 15.7. The van der Waals surface area contributed by atoms with Crippen LogP contribution in [0.4, 0.5) is 10.1 Å². The van der Waals surface area contributed by atoms with E-state index >= 15 is 0 Å². The Hall–Kier alpha value is -1.67. The van der Waals surface area contributed by atoms with Gasteiger partial charge < -0.3 is 11.1 Å². The summed E-state index contributed by atoms with van der Waals surface area (Å²) in [6, 6.07) is 3.23. The van der Waals surface area contributed by atoms with Gasteiger partial charge in [0.05, 0.1) is 5.69 Å². The number of benzene rings is 1. The van der Waals surface area contributed by atoms with Gasteiger partial charge in [-0.25, -0.2) is 12.8 Å². The van der Waals surface area contributed by atoms with Crippen LogP contribution in [0.1, 0.15) is 12.8 Å². The van der Waals surface area contributed by atoms with E-state index in [0.717, 1.165) is 12.1 Å². The van der Waals surface area contributed by atoms with Crippen LogP contribution >= 0.6 is 0 Å². The van der Waals surface area contributed by atoms with E-state index in [4.69, 9.17) is 5.73 Å². The van der Waals surface area contributed by atoms with Crippen molar-refractivity contribution in [1.29, 1.82) is 0 Å². The topological polar surface area (TPSA) is 92.5 Å². The van der Waals surface area contributed by atoms with Crippen molar-refractivity contribution >= 4 is 21.6 Å². The fourth-order valence-electron chi connectivity index (χ4n) is 2.46. The van der Waals surface area contributed by atoms with Crippen LogP contribution in [0.3, 0.4) is 0 Å². The number of nitrogen functional groups attached to an aromatic ring is 1. The first-order valence-corrected chi connectivity index (χ1v) is 8.07. The first-order valence-electron chi connectivity index (χ1n) is 6.63. The van der Waals surface area contributed by atoms with Gasteiger partial charge >= 0.3 is 0 Å². The van der Waals surface area contributed by atoms with Crippen molar-refractivity contribution in [3.05, 3.63) is 24.0 Å². The summed E-state index contributed by atoms with van der Waals surface area (Å²) >= 11 is 0. The number of rotatable bonds is 3. The van der Waals surface area contributed by atoms with E-state index in [1.807, 2.05) is 0 Å². The number of nitrogens with one attached hydrogen (secondary N) is 1. The Balaban J connectivity index is 2.17. The van der Waals surface area contributed by atoms with Gasteiger partial charge in [-0.05, 0) is 31.0 Å². The van der Waals surface area contributed by atoms with E-state index < -0.39 is 15.8 Å². The summed E-state index contributed by atoms with van der Waals surface area (Å²) in [4.78, 5) is 11.4. The second-order valence-corrected chi connectivity index (χ2v) is 6.88. The molecule has 0 saturated carbocycles.